The summed E-state index contributed by atoms with van der Waals surface area (Å²) in [6.45, 7) is 2.50. The molecule has 0 aliphatic carbocycles. The number of esters is 2. The fourth-order valence-corrected chi connectivity index (χ4v) is 0.815. The monoisotopic (exact) mass is 220 g/mol. The topological polar surface area (TPSA) is 52.6 Å². The summed E-state index contributed by atoms with van der Waals surface area (Å²) >= 11 is 3.75. The molecule has 0 aromatic rings. The van der Waals surface area contributed by atoms with Crippen molar-refractivity contribution in [1.82, 2.24) is 0 Å². The lowest BCUT2D eigenvalue weighted by Crippen LogP contribution is -2.08. The van der Waals surface area contributed by atoms with Crippen molar-refractivity contribution in [1.29, 1.82) is 0 Å². The second-order valence-corrected chi connectivity index (χ2v) is 2.98. The van der Waals surface area contributed by atoms with Crippen LogP contribution in [0.5, 0.6) is 0 Å². The predicted molar refractivity (Wildman–Crippen MR) is 55.3 cm³/mol. The number of carbonyl (C=O) groups excluding carboxylic acids is 2. The van der Waals surface area contributed by atoms with Crippen LogP contribution in [-0.4, -0.2) is 30.9 Å². The number of unbranched alkanes of at least 4 members (excludes halogenated alkanes) is 1. The van der Waals surface area contributed by atoms with Crippen molar-refractivity contribution in [3.05, 3.63) is 0 Å². The summed E-state index contributed by atoms with van der Waals surface area (Å²) in [5.74, 6) is -0.415. The Bertz CT molecular complexity index is 162. The molecule has 0 spiro atoms. The van der Waals surface area contributed by atoms with Gasteiger partial charge in [-0.2, -0.15) is 12.6 Å². The molecule has 0 aromatic heterocycles. The highest BCUT2D eigenvalue weighted by molar-refractivity contribution is 7.81. The maximum Gasteiger partial charge on any atom is 0.315 e. The molecule has 0 unspecified atom stereocenters. The van der Waals surface area contributed by atoms with Gasteiger partial charge < -0.3 is 9.47 Å². The Morgan fingerprint density at radius 3 is 2.00 bits per heavy atom. The minimum absolute atomic E-state index is 0.102. The molecular weight excluding hydrogens is 204 g/mol. The molecule has 0 saturated carbocycles. The molecule has 4 nitrogen and oxygen atoms in total. The first-order valence-electron chi connectivity index (χ1n) is 4.62. The van der Waals surface area contributed by atoms with Crippen molar-refractivity contribution in [2.24, 2.45) is 0 Å². The van der Waals surface area contributed by atoms with Gasteiger partial charge in [0.1, 0.15) is 0 Å². The lowest BCUT2D eigenvalue weighted by molar-refractivity contribution is -0.144. The van der Waals surface area contributed by atoms with Crippen molar-refractivity contribution in [2.75, 3.05) is 19.0 Å². The van der Waals surface area contributed by atoms with Gasteiger partial charge in [0.05, 0.1) is 19.0 Å². The number of hydrogen-bond donors (Lipinski definition) is 1. The Morgan fingerprint density at radius 1 is 1.07 bits per heavy atom. The third-order valence-corrected chi connectivity index (χ3v) is 1.74. The van der Waals surface area contributed by atoms with Crippen LogP contribution in [0.25, 0.3) is 0 Å². The van der Waals surface area contributed by atoms with E-state index in [1.807, 2.05) is 0 Å². The molecule has 0 aliphatic rings. The van der Waals surface area contributed by atoms with Gasteiger partial charge in [0.25, 0.3) is 0 Å². The molecule has 0 aliphatic heterocycles. The minimum atomic E-state index is -0.320. The van der Waals surface area contributed by atoms with E-state index in [1.54, 1.807) is 6.92 Å². The standard InChI is InChI=1S/C9H16O4S/c1-2-8(10)12-5-3-4-6-13-9(11)7-14/h14H,2-7H2,1H3. The normalized spacial score (nSPS) is 9.57. The van der Waals surface area contributed by atoms with Gasteiger partial charge in [-0.25, -0.2) is 0 Å². The SMILES string of the molecule is CCC(=O)OCCCCOC(=O)CS. The van der Waals surface area contributed by atoms with Gasteiger partial charge in [-0.15, -0.1) is 0 Å². The number of hydrogen-bond acceptors (Lipinski definition) is 5. The average Bonchev–Trinajstić information content (AvgIpc) is 2.22. The van der Waals surface area contributed by atoms with E-state index in [0.717, 1.165) is 0 Å². The quantitative estimate of drug-likeness (QED) is 0.398. The zero-order valence-electron chi connectivity index (χ0n) is 8.32. The number of ether oxygens (including phenoxy) is 2. The van der Waals surface area contributed by atoms with E-state index in [9.17, 15) is 9.59 Å². The van der Waals surface area contributed by atoms with E-state index in [0.29, 0.717) is 32.5 Å². The molecule has 5 heteroatoms. The van der Waals surface area contributed by atoms with Gasteiger partial charge in [0.15, 0.2) is 0 Å². The first-order chi connectivity index (χ1) is 6.70. The third-order valence-electron chi connectivity index (χ3n) is 1.48. The lowest BCUT2D eigenvalue weighted by atomic mass is 10.3. The summed E-state index contributed by atoms with van der Waals surface area (Å²) < 4.78 is 9.60. The van der Waals surface area contributed by atoms with E-state index in [1.165, 1.54) is 0 Å². The Kier molecular flexibility index (Phi) is 8.42. The van der Waals surface area contributed by atoms with Crippen LogP contribution in [0.2, 0.25) is 0 Å². The van der Waals surface area contributed by atoms with Crippen molar-refractivity contribution in [3.63, 3.8) is 0 Å². The Balaban J connectivity index is 3.14. The van der Waals surface area contributed by atoms with Gasteiger partial charge in [0, 0.05) is 6.42 Å². The second-order valence-electron chi connectivity index (χ2n) is 2.66. The Morgan fingerprint density at radius 2 is 1.57 bits per heavy atom. The predicted octanol–water partition coefficient (Wildman–Crippen LogP) is 1.19. The summed E-state index contributed by atoms with van der Waals surface area (Å²) in [6, 6.07) is 0. The largest absolute Gasteiger partial charge is 0.466 e. The van der Waals surface area contributed by atoms with Gasteiger partial charge in [-0.05, 0) is 12.8 Å². The molecule has 0 heterocycles. The first kappa shape index (κ1) is 13.3. The van der Waals surface area contributed by atoms with Crippen LogP contribution in [0, 0.1) is 0 Å². The zero-order valence-corrected chi connectivity index (χ0v) is 9.22. The highest BCUT2D eigenvalue weighted by Crippen LogP contribution is 1.94. The van der Waals surface area contributed by atoms with Crippen molar-refractivity contribution >= 4 is 24.6 Å². The Labute approximate surface area is 89.4 Å². The van der Waals surface area contributed by atoms with Crippen LogP contribution in [0.3, 0.4) is 0 Å². The van der Waals surface area contributed by atoms with Crippen LogP contribution >= 0.6 is 12.6 Å². The number of carbonyl (C=O) groups is 2. The summed E-state index contributed by atoms with van der Waals surface area (Å²) in [4.78, 5) is 21.3. The van der Waals surface area contributed by atoms with E-state index in [4.69, 9.17) is 9.47 Å². The molecule has 0 amide bonds. The van der Waals surface area contributed by atoms with Gasteiger partial charge in [0.2, 0.25) is 0 Å². The van der Waals surface area contributed by atoms with Gasteiger partial charge in [-0.3, -0.25) is 9.59 Å². The van der Waals surface area contributed by atoms with Crippen molar-refractivity contribution in [3.8, 4) is 0 Å². The third kappa shape index (κ3) is 7.91. The van der Waals surface area contributed by atoms with Gasteiger partial charge in [-0.1, -0.05) is 6.92 Å². The summed E-state index contributed by atoms with van der Waals surface area (Å²) in [7, 11) is 0. The molecule has 0 N–H and O–H groups in total. The number of thiol groups is 1. The van der Waals surface area contributed by atoms with Crippen molar-refractivity contribution in [2.45, 2.75) is 26.2 Å². The molecule has 14 heavy (non-hydrogen) atoms. The van der Waals surface area contributed by atoms with Gasteiger partial charge >= 0.3 is 11.9 Å². The van der Waals surface area contributed by atoms with Crippen LogP contribution < -0.4 is 0 Å². The fraction of sp³-hybridized carbons (Fsp3) is 0.778. The summed E-state index contributed by atoms with van der Waals surface area (Å²) in [5.41, 5.74) is 0. The highest BCUT2D eigenvalue weighted by atomic mass is 32.1. The molecule has 82 valence electrons. The molecule has 0 fully saturated rings. The average molecular weight is 220 g/mol. The smallest absolute Gasteiger partial charge is 0.315 e. The van der Waals surface area contributed by atoms with E-state index >= 15 is 0 Å². The molecular formula is C9H16O4S. The van der Waals surface area contributed by atoms with Crippen LogP contribution in [0.15, 0.2) is 0 Å². The van der Waals surface area contributed by atoms with E-state index < -0.39 is 0 Å². The van der Waals surface area contributed by atoms with Crippen molar-refractivity contribution < 1.29 is 19.1 Å². The summed E-state index contributed by atoms with van der Waals surface area (Å²) in [5, 5.41) is 0. The lowest BCUT2D eigenvalue weighted by Gasteiger charge is -2.03. The Hall–Kier alpha value is -0.710. The molecule has 0 atom stereocenters. The van der Waals surface area contributed by atoms with Crippen LogP contribution in [0.4, 0.5) is 0 Å². The number of rotatable bonds is 7. The molecule has 0 bridgehead atoms. The van der Waals surface area contributed by atoms with Crippen LogP contribution in [0.1, 0.15) is 26.2 Å². The minimum Gasteiger partial charge on any atom is -0.466 e. The van der Waals surface area contributed by atoms with E-state index in [2.05, 4.69) is 12.6 Å². The zero-order chi connectivity index (χ0) is 10.8. The molecule has 0 saturated heterocycles. The van der Waals surface area contributed by atoms with E-state index in [-0.39, 0.29) is 17.7 Å². The summed E-state index contributed by atoms with van der Waals surface area (Å²) in [6.07, 6.45) is 1.82. The molecule has 0 aromatic carbocycles. The second kappa shape index (κ2) is 8.87. The first-order valence-corrected chi connectivity index (χ1v) is 5.26. The van der Waals surface area contributed by atoms with Crippen LogP contribution in [-0.2, 0) is 19.1 Å². The fourth-order valence-electron chi connectivity index (χ4n) is 0.724. The molecule has 0 rings (SSSR count). The highest BCUT2D eigenvalue weighted by Gasteiger charge is 1.99. The maximum atomic E-state index is 10.7. The molecule has 0 radical (unpaired) electrons. The maximum absolute atomic E-state index is 10.7.